The second-order valence-corrected chi connectivity index (χ2v) is 4.08. The zero-order valence-electron chi connectivity index (χ0n) is 8.56. The van der Waals surface area contributed by atoms with Gasteiger partial charge >= 0.3 is 11.5 Å². The molecule has 0 aromatic rings. The Morgan fingerprint density at radius 1 is 1.53 bits per heavy atom. The fourth-order valence-corrected chi connectivity index (χ4v) is 1.32. The monoisotopic (exact) mass is 245 g/mol. The molecule has 0 fully saturated rings. The zero-order valence-corrected chi connectivity index (χ0v) is 9.37. The van der Waals surface area contributed by atoms with Gasteiger partial charge in [-0.25, -0.2) is 0 Å². The average molecular weight is 245 g/mol. The molecule has 0 rings (SSSR count). The summed E-state index contributed by atoms with van der Waals surface area (Å²) < 4.78 is 39.5. The Kier molecular flexibility index (Phi) is 6.75. The van der Waals surface area contributed by atoms with Crippen LogP contribution in [-0.4, -0.2) is 37.4 Å². The number of carbonyl (C=O) groups excluding carboxylic acids is 1. The van der Waals surface area contributed by atoms with Gasteiger partial charge in [0, 0.05) is 18.8 Å². The summed E-state index contributed by atoms with van der Waals surface area (Å²) in [4.78, 5) is 10.9. The first kappa shape index (κ1) is 14.6. The molecule has 1 unspecified atom stereocenters. The zero-order chi connectivity index (χ0) is 11.9. The largest absolute Gasteiger partial charge is 0.469 e. The van der Waals surface area contributed by atoms with Crippen LogP contribution in [0.2, 0.25) is 0 Å². The maximum atomic E-state index is 11.7. The van der Waals surface area contributed by atoms with Gasteiger partial charge in [0.2, 0.25) is 0 Å². The Balaban J connectivity index is 3.43. The summed E-state index contributed by atoms with van der Waals surface area (Å²) >= 11 is -0.0793. The highest BCUT2D eigenvalue weighted by molar-refractivity contribution is 8.00. The number of halogens is 3. The average Bonchev–Trinajstić information content (AvgIpc) is 2.14. The van der Waals surface area contributed by atoms with Crippen molar-refractivity contribution in [1.29, 1.82) is 0 Å². The predicted octanol–water partition coefficient (Wildman–Crippen LogP) is 1.64. The SMILES string of the molecule is COC(=O)C(C)CNCCSC(F)(F)F. The molecule has 0 saturated carbocycles. The number of hydrogen-bond donors (Lipinski definition) is 1. The number of carbonyl (C=O) groups is 1. The summed E-state index contributed by atoms with van der Waals surface area (Å²) in [5.74, 6) is -0.769. The first-order valence-corrected chi connectivity index (χ1v) is 5.34. The third-order valence-corrected chi connectivity index (χ3v) is 2.33. The molecular weight excluding hydrogens is 231 g/mol. The van der Waals surface area contributed by atoms with Crippen molar-refractivity contribution in [3.05, 3.63) is 0 Å². The van der Waals surface area contributed by atoms with Crippen LogP contribution in [0.1, 0.15) is 6.92 Å². The van der Waals surface area contributed by atoms with E-state index in [1.165, 1.54) is 7.11 Å². The third-order valence-electron chi connectivity index (χ3n) is 1.60. The van der Waals surface area contributed by atoms with Gasteiger partial charge in [0.25, 0.3) is 0 Å². The van der Waals surface area contributed by atoms with E-state index in [9.17, 15) is 18.0 Å². The number of ether oxygens (including phenoxy) is 1. The number of methoxy groups -OCH3 is 1. The highest BCUT2D eigenvalue weighted by Gasteiger charge is 2.27. The van der Waals surface area contributed by atoms with Gasteiger partial charge in [-0.1, -0.05) is 6.92 Å². The van der Waals surface area contributed by atoms with E-state index in [1.807, 2.05) is 0 Å². The number of hydrogen-bond acceptors (Lipinski definition) is 4. The smallest absolute Gasteiger partial charge is 0.441 e. The minimum Gasteiger partial charge on any atom is -0.469 e. The second-order valence-electron chi connectivity index (χ2n) is 2.92. The fraction of sp³-hybridized carbons (Fsp3) is 0.875. The lowest BCUT2D eigenvalue weighted by atomic mass is 10.2. The van der Waals surface area contributed by atoms with Crippen molar-refractivity contribution in [3.8, 4) is 0 Å². The minimum atomic E-state index is -4.18. The molecule has 90 valence electrons. The minimum absolute atomic E-state index is 0.0581. The summed E-state index contributed by atoms with van der Waals surface area (Å²) in [6.45, 7) is 2.19. The van der Waals surface area contributed by atoms with Gasteiger partial charge in [0.15, 0.2) is 0 Å². The van der Waals surface area contributed by atoms with E-state index in [-0.39, 0.29) is 35.9 Å². The second kappa shape index (κ2) is 6.95. The van der Waals surface area contributed by atoms with Gasteiger partial charge in [0.05, 0.1) is 13.0 Å². The number of thioether (sulfide) groups is 1. The van der Waals surface area contributed by atoms with Gasteiger partial charge in [0.1, 0.15) is 0 Å². The van der Waals surface area contributed by atoms with Gasteiger partial charge in [-0.05, 0) is 11.8 Å². The Morgan fingerprint density at radius 2 is 2.13 bits per heavy atom. The highest BCUT2D eigenvalue weighted by Crippen LogP contribution is 2.29. The number of esters is 1. The number of alkyl halides is 3. The number of rotatable bonds is 6. The van der Waals surface area contributed by atoms with Crippen LogP contribution in [0, 0.1) is 5.92 Å². The molecule has 0 aromatic carbocycles. The molecule has 0 aliphatic heterocycles. The van der Waals surface area contributed by atoms with Gasteiger partial charge in [-0.3, -0.25) is 4.79 Å². The van der Waals surface area contributed by atoms with Crippen molar-refractivity contribution in [1.82, 2.24) is 5.32 Å². The molecule has 0 heterocycles. The van der Waals surface area contributed by atoms with Crippen molar-refractivity contribution in [2.75, 3.05) is 26.0 Å². The first-order chi connectivity index (χ1) is 6.87. The maximum Gasteiger partial charge on any atom is 0.441 e. The van der Waals surface area contributed by atoms with Crippen molar-refractivity contribution >= 4 is 17.7 Å². The van der Waals surface area contributed by atoms with Crippen molar-refractivity contribution < 1.29 is 22.7 Å². The van der Waals surface area contributed by atoms with Crippen molar-refractivity contribution in [3.63, 3.8) is 0 Å². The summed E-state index contributed by atoms with van der Waals surface area (Å²) in [7, 11) is 1.28. The summed E-state index contributed by atoms with van der Waals surface area (Å²) in [6, 6.07) is 0. The van der Waals surface area contributed by atoms with Crippen LogP contribution in [0.25, 0.3) is 0 Å². The Labute approximate surface area is 90.7 Å². The van der Waals surface area contributed by atoms with Crippen LogP contribution >= 0.6 is 11.8 Å². The van der Waals surface area contributed by atoms with Crippen molar-refractivity contribution in [2.24, 2.45) is 5.92 Å². The van der Waals surface area contributed by atoms with Gasteiger partial charge in [-0.2, -0.15) is 13.2 Å². The van der Waals surface area contributed by atoms with Crippen LogP contribution < -0.4 is 5.32 Å². The van der Waals surface area contributed by atoms with Crippen LogP contribution in [-0.2, 0) is 9.53 Å². The summed E-state index contributed by atoms with van der Waals surface area (Å²) in [5, 5.41) is 2.75. The third kappa shape index (κ3) is 8.56. The molecule has 0 aliphatic carbocycles. The molecule has 0 amide bonds. The molecule has 0 aromatic heterocycles. The first-order valence-electron chi connectivity index (χ1n) is 4.36. The summed E-state index contributed by atoms with van der Waals surface area (Å²) in [5.41, 5.74) is -4.18. The van der Waals surface area contributed by atoms with E-state index >= 15 is 0 Å². The molecule has 0 saturated heterocycles. The molecular formula is C8H14F3NO2S. The molecule has 1 N–H and O–H groups in total. The van der Waals surface area contributed by atoms with E-state index < -0.39 is 5.51 Å². The van der Waals surface area contributed by atoms with E-state index in [0.29, 0.717) is 6.54 Å². The molecule has 0 aliphatic rings. The van der Waals surface area contributed by atoms with Crippen LogP contribution in [0.3, 0.4) is 0 Å². The van der Waals surface area contributed by atoms with E-state index in [4.69, 9.17) is 0 Å². The molecule has 15 heavy (non-hydrogen) atoms. The molecule has 3 nitrogen and oxygen atoms in total. The lowest BCUT2D eigenvalue weighted by Gasteiger charge is -2.10. The summed E-state index contributed by atoms with van der Waals surface area (Å²) in [6.07, 6.45) is 0. The standard InChI is InChI=1S/C8H14F3NO2S/c1-6(7(13)14-2)5-12-3-4-15-8(9,10)11/h6,12H,3-5H2,1-2H3. The fourth-order valence-electron chi connectivity index (χ4n) is 0.842. The lowest BCUT2D eigenvalue weighted by Crippen LogP contribution is -2.29. The quantitative estimate of drug-likeness (QED) is 0.570. The maximum absolute atomic E-state index is 11.7. The van der Waals surface area contributed by atoms with E-state index in [0.717, 1.165) is 0 Å². The van der Waals surface area contributed by atoms with Crippen LogP contribution in [0.5, 0.6) is 0 Å². The lowest BCUT2D eigenvalue weighted by molar-refractivity contribution is -0.144. The highest BCUT2D eigenvalue weighted by atomic mass is 32.2. The van der Waals surface area contributed by atoms with Crippen LogP contribution in [0.4, 0.5) is 13.2 Å². The number of nitrogens with one attached hydrogen (secondary N) is 1. The van der Waals surface area contributed by atoms with Crippen molar-refractivity contribution in [2.45, 2.75) is 12.4 Å². The molecule has 1 atom stereocenters. The topological polar surface area (TPSA) is 38.3 Å². The van der Waals surface area contributed by atoms with E-state index in [2.05, 4.69) is 10.1 Å². The molecule has 0 radical (unpaired) electrons. The Hall–Kier alpha value is -0.430. The Morgan fingerprint density at radius 3 is 2.60 bits per heavy atom. The predicted molar refractivity (Wildman–Crippen MR) is 52.6 cm³/mol. The van der Waals surface area contributed by atoms with Crippen LogP contribution in [0.15, 0.2) is 0 Å². The molecule has 7 heteroatoms. The molecule has 0 spiro atoms. The van der Waals surface area contributed by atoms with Gasteiger partial charge in [-0.15, -0.1) is 0 Å². The molecule has 0 bridgehead atoms. The van der Waals surface area contributed by atoms with E-state index in [1.54, 1.807) is 6.92 Å². The normalized spacial score (nSPS) is 13.7. The Bertz CT molecular complexity index is 199. The van der Waals surface area contributed by atoms with Gasteiger partial charge < -0.3 is 10.1 Å².